The maximum Gasteiger partial charge on any atom is 0.224 e. The molecule has 0 aliphatic carbocycles. The summed E-state index contributed by atoms with van der Waals surface area (Å²) in [7, 11) is 0. The summed E-state index contributed by atoms with van der Waals surface area (Å²) in [5, 5.41) is 8.98. The number of aliphatic hydroxyl groups is 1. The first kappa shape index (κ1) is 17.4. The third kappa shape index (κ3) is 3.81. The molecule has 0 bridgehead atoms. The van der Waals surface area contributed by atoms with Crippen LogP contribution in [0.3, 0.4) is 0 Å². The zero-order valence-electron chi connectivity index (χ0n) is 14.8. The molecule has 2 aliphatic heterocycles. The van der Waals surface area contributed by atoms with Crippen molar-refractivity contribution in [3.8, 4) is 0 Å². The fraction of sp³-hybridized carbons (Fsp3) is 0.650. The summed E-state index contributed by atoms with van der Waals surface area (Å²) in [6, 6.07) is 10.9. The maximum atomic E-state index is 12.0. The lowest BCUT2D eigenvalue weighted by Gasteiger charge is -2.50. The van der Waals surface area contributed by atoms with Crippen LogP contribution in [0.25, 0.3) is 0 Å². The number of piperidine rings is 2. The number of benzene rings is 1. The number of nitrogens with zero attached hydrogens (tertiary/aromatic N) is 2. The Balaban J connectivity index is 1.69. The van der Waals surface area contributed by atoms with Crippen molar-refractivity contribution >= 4 is 5.91 Å². The van der Waals surface area contributed by atoms with Gasteiger partial charge in [-0.1, -0.05) is 37.3 Å². The second kappa shape index (κ2) is 7.66. The van der Waals surface area contributed by atoms with Gasteiger partial charge in [0.1, 0.15) is 0 Å². The van der Waals surface area contributed by atoms with E-state index in [1.807, 2.05) is 4.90 Å². The van der Waals surface area contributed by atoms with Crippen LogP contribution in [0, 0.1) is 5.41 Å². The van der Waals surface area contributed by atoms with Crippen molar-refractivity contribution in [1.82, 2.24) is 9.80 Å². The Morgan fingerprint density at radius 3 is 2.58 bits per heavy atom. The van der Waals surface area contributed by atoms with Crippen LogP contribution in [0.15, 0.2) is 30.3 Å². The summed E-state index contributed by atoms with van der Waals surface area (Å²) in [5.74, 6) is 0.703. The van der Waals surface area contributed by atoms with Gasteiger partial charge in [0.2, 0.25) is 5.91 Å². The normalized spacial score (nSPS) is 24.2. The fourth-order valence-electron chi connectivity index (χ4n) is 4.54. The number of carbonyl (C=O) groups is 1. The van der Waals surface area contributed by atoms with Gasteiger partial charge in [-0.05, 0) is 42.7 Å². The van der Waals surface area contributed by atoms with Crippen LogP contribution in [0.5, 0.6) is 0 Å². The first-order valence-corrected chi connectivity index (χ1v) is 9.32. The molecule has 2 aliphatic rings. The summed E-state index contributed by atoms with van der Waals surface area (Å²) in [6.45, 7) is 7.31. The molecule has 0 radical (unpaired) electrons. The molecule has 1 N–H and O–H groups in total. The predicted molar refractivity (Wildman–Crippen MR) is 95.9 cm³/mol. The zero-order chi connectivity index (χ0) is 17.0. The zero-order valence-corrected chi connectivity index (χ0v) is 14.8. The Bertz CT molecular complexity index is 538. The van der Waals surface area contributed by atoms with Crippen LogP contribution < -0.4 is 0 Å². The van der Waals surface area contributed by atoms with E-state index in [4.69, 9.17) is 5.11 Å². The molecule has 1 aromatic carbocycles. The molecular formula is C20H30N2O2. The minimum Gasteiger partial charge on any atom is -0.396 e. The summed E-state index contributed by atoms with van der Waals surface area (Å²) in [5.41, 5.74) is 1.79. The lowest BCUT2D eigenvalue weighted by Crippen LogP contribution is -2.52. The van der Waals surface area contributed by atoms with E-state index in [2.05, 4.69) is 42.2 Å². The predicted octanol–water partition coefficient (Wildman–Crippen LogP) is 2.49. The van der Waals surface area contributed by atoms with Crippen molar-refractivity contribution < 1.29 is 9.90 Å². The van der Waals surface area contributed by atoms with E-state index in [0.29, 0.717) is 11.3 Å². The Hall–Kier alpha value is -1.39. The van der Waals surface area contributed by atoms with E-state index in [0.717, 1.165) is 45.6 Å². The first-order chi connectivity index (χ1) is 11.7. The largest absolute Gasteiger partial charge is 0.396 e. The molecule has 4 heteroatoms. The number of amides is 1. The summed E-state index contributed by atoms with van der Waals surface area (Å²) < 4.78 is 0. The van der Waals surface area contributed by atoms with Crippen LogP contribution in [0.4, 0.5) is 0 Å². The molecule has 3 rings (SSSR count). The van der Waals surface area contributed by atoms with Crippen molar-refractivity contribution in [3.05, 3.63) is 35.9 Å². The van der Waals surface area contributed by atoms with Gasteiger partial charge in [-0.15, -0.1) is 0 Å². The molecule has 1 spiro atoms. The van der Waals surface area contributed by atoms with E-state index in [1.165, 1.54) is 12.0 Å². The van der Waals surface area contributed by atoms with E-state index in [-0.39, 0.29) is 18.9 Å². The number of likely N-dealkylation sites (N-methyl/N-ethyl adjacent to an activating group) is 1. The lowest BCUT2D eigenvalue weighted by atomic mass is 9.68. The van der Waals surface area contributed by atoms with Gasteiger partial charge in [-0.25, -0.2) is 0 Å². The van der Waals surface area contributed by atoms with E-state index < -0.39 is 0 Å². The smallest absolute Gasteiger partial charge is 0.224 e. The van der Waals surface area contributed by atoms with Crippen molar-refractivity contribution in [1.29, 1.82) is 0 Å². The summed E-state index contributed by atoms with van der Waals surface area (Å²) in [6.07, 6.45) is 3.67. The second-order valence-electron chi connectivity index (χ2n) is 7.49. The topological polar surface area (TPSA) is 43.8 Å². The van der Waals surface area contributed by atoms with E-state index in [9.17, 15) is 4.79 Å². The van der Waals surface area contributed by atoms with Crippen molar-refractivity contribution in [3.63, 3.8) is 0 Å². The first-order valence-electron chi connectivity index (χ1n) is 9.32. The molecule has 1 atom stereocenters. The minimum absolute atomic E-state index is 0.0415. The highest BCUT2D eigenvalue weighted by molar-refractivity contribution is 5.76. The third-order valence-electron chi connectivity index (χ3n) is 5.94. The Morgan fingerprint density at radius 2 is 1.96 bits per heavy atom. The summed E-state index contributed by atoms with van der Waals surface area (Å²) >= 11 is 0. The van der Waals surface area contributed by atoms with E-state index in [1.54, 1.807) is 0 Å². The van der Waals surface area contributed by atoms with E-state index >= 15 is 0 Å². The molecule has 1 amide bonds. The fourth-order valence-corrected chi connectivity index (χ4v) is 4.54. The summed E-state index contributed by atoms with van der Waals surface area (Å²) in [4.78, 5) is 16.6. The van der Waals surface area contributed by atoms with Gasteiger partial charge in [0.25, 0.3) is 0 Å². The molecule has 2 saturated heterocycles. The molecule has 2 heterocycles. The highest BCUT2D eigenvalue weighted by Crippen LogP contribution is 2.45. The van der Waals surface area contributed by atoms with Gasteiger partial charge in [0.05, 0.1) is 6.61 Å². The van der Waals surface area contributed by atoms with Crippen LogP contribution >= 0.6 is 0 Å². The molecule has 1 unspecified atom stereocenters. The van der Waals surface area contributed by atoms with Gasteiger partial charge >= 0.3 is 0 Å². The number of carbonyl (C=O) groups excluding carboxylic acids is 1. The Labute approximate surface area is 145 Å². The lowest BCUT2D eigenvalue weighted by molar-refractivity contribution is -0.135. The number of likely N-dealkylation sites (tertiary alicyclic amines) is 2. The number of hydrogen-bond donors (Lipinski definition) is 1. The van der Waals surface area contributed by atoms with Crippen LogP contribution in [0.2, 0.25) is 0 Å². The molecule has 24 heavy (non-hydrogen) atoms. The van der Waals surface area contributed by atoms with Crippen molar-refractivity contribution in [2.24, 2.45) is 5.41 Å². The third-order valence-corrected chi connectivity index (χ3v) is 5.94. The van der Waals surface area contributed by atoms with Gasteiger partial charge in [-0.2, -0.15) is 0 Å². The molecule has 0 aromatic heterocycles. The second-order valence-corrected chi connectivity index (χ2v) is 7.49. The average molecular weight is 330 g/mol. The molecule has 4 nitrogen and oxygen atoms in total. The number of rotatable bonds is 4. The highest BCUT2D eigenvalue weighted by atomic mass is 16.3. The molecule has 0 saturated carbocycles. The molecule has 1 aromatic rings. The van der Waals surface area contributed by atoms with Gasteiger partial charge in [-0.3, -0.25) is 4.79 Å². The Kier molecular flexibility index (Phi) is 5.57. The molecule has 2 fully saturated rings. The standard InChI is InChI=1S/C20H30N2O2/c1-2-21-15-18(17-6-4-3-5-7-17)14-20(16-21)9-11-22(12-10-20)19(24)8-13-23/h3-7,18,23H,2,8-16H2,1H3. The SMILES string of the molecule is CCN1CC(c2ccccc2)CC2(CCN(C(=O)CCO)CC2)C1. The monoisotopic (exact) mass is 330 g/mol. The Morgan fingerprint density at radius 1 is 1.25 bits per heavy atom. The van der Waals surface area contributed by atoms with Crippen LogP contribution in [-0.4, -0.2) is 60.1 Å². The number of aliphatic hydroxyl groups excluding tert-OH is 1. The van der Waals surface area contributed by atoms with Gasteiger partial charge in [0.15, 0.2) is 0 Å². The highest BCUT2D eigenvalue weighted by Gasteiger charge is 2.42. The quantitative estimate of drug-likeness (QED) is 0.922. The van der Waals surface area contributed by atoms with Crippen LogP contribution in [0.1, 0.15) is 44.1 Å². The minimum atomic E-state index is -0.0415. The number of hydrogen-bond acceptors (Lipinski definition) is 3. The average Bonchev–Trinajstić information content (AvgIpc) is 2.63. The molecular weight excluding hydrogens is 300 g/mol. The van der Waals surface area contributed by atoms with Gasteiger partial charge in [0, 0.05) is 32.6 Å². The van der Waals surface area contributed by atoms with Gasteiger partial charge < -0.3 is 14.9 Å². The van der Waals surface area contributed by atoms with Crippen molar-refractivity contribution in [2.45, 2.75) is 38.5 Å². The van der Waals surface area contributed by atoms with Crippen molar-refractivity contribution in [2.75, 3.05) is 39.3 Å². The maximum absolute atomic E-state index is 12.0. The van der Waals surface area contributed by atoms with Crippen LogP contribution in [-0.2, 0) is 4.79 Å². The molecule has 132 valence electrons.